The number of nitrogens with one attached hydrogen (secondary N) is 1. The van der Waals surface area contributed by atoms with Crippen LogP contribution in [-0.4, -0.2) is 60.3 Å². The molecule has 0 saturated carbocycles. The summed E-state index contributed by atoms with van der Waals surface area (Å²) >= 11 is 7.66. The molecule has 212 valence electrons. The van der Waals surface area contributed by atoms with Crippen LogP contribution in [0.3, 0.4) is 0 Å². The van der Waals surface area contributed by atoms with E-state index in [-0.39, 0.29) is 17.9 Å². The SMILES string of the molecule is Cc1c(C(=O)NCC[N+]23CCC(CC2)[C@@H](OC(=O)C(O)(c2ccccc2)c2ccccc2)C3)sc2ccc(Cl)cc12. The normalized spacial score (nSPS) is 22.0. The Morgan fingerprint density at radius 1 is 1.02 bits per heavy atom. The van der Waals surface area contributed by atoms with Crippen molar-refractivity contribution in [2.45, 2.75) is 31.5 Å². The second kappa shape index (κ2) is 11.2. The molecule has 3 aromatic carbocycles. The number of aliphatic hydroxyl groups is 1. The van der Waals surface area contributed by atoms with Crippen LogP contribution in [0.25, 0.3) is 10.1 Å². The molecule has 4 heterocycles. The molecule has 0 aliphatic carbocycles. The standard InChI is InChI=1S/C33H33ClN2O4S/c1-22-27-20-26(34)12-13-29(27)41-30(22)31(37)35-16-19-36-17-14-23(15-18-36)28(21-36)40-32(38)33(39,24-8-4-2-5-9-24)25-10-6-3-7-11-25/h2-13,20,23,28,39H,14-19,21H2,1H3/p+1/t23?,28-,36?/m0/s1. The molecule has 3 fully saturated rings. The van der Waals surface area contributed by atoms with Crippen LogP contribution in [0.4, 0.5) is 0 Å². The molecule has 3 saturated heterocycles. The van der Waals surface area contributed by atoms with Gasteiger partial charge in [-0.3, -0.25) is 4.79 Å². The quantitative estimate of drug-likeness (QED) is 0.205. The van der Waals surface area contributed by atoms with Gasteiger partial charge in [-0.15, -0.1) is 11.3 Å². The molecule has 0 unspecified atom stereocenters. The minimum atomic E-state index is -1.89. The maximum Gasteiger partial charge on any atom is 0.348 e. The van der Waals surface area contributed by atoms with Crippen LogP contribution in [0.15, 0.2) is 78.9 Å². The van der Waals surface area contributed by atoms with E-state index in [2.05, 4.69) is 5.32 Å². The number of ether oxygens (including phenoxy) is 1. The summed E-state index contributed by atoms with van der Waals surface area (Å²) in [5, 5.41) is 16.7. The van der Waals surface area contributed by atoms with E-state index in [4.69, 9.17) is 16.3 Å². The number of piperidine rings is 3. The first-order valence-electron chi connectivity index (χ1n) is 14.2. The van der Waals surface area contributed by atoms with Crippen LogP contribution in [0, 0.1) is 12.8 Å². The number of fused-ring (bicyclic) bond motifs is 4. The Kier molecular flexibility index (Phi) is 7.64. The highest BCUT2D eigenvalue weighted by molar-refractivity contribution is 7.21. The number of nitrogens with zero attached hydrogens (tertiary/aromatic N) is 1. The number of thiophene rings is 1. The van der Waals surface area contributed by atoms with Gasteiger partial charge in [0.25, 0.3) is 5.91 Å². The summed E-state index contributed by atoms with van der Waals surface area (Å²) in [5.74, 6) is -0.429. The van der Waals surface area contributed by atoms with Gasteiger partial charge in [-0.25, -0.2) is 4.79 Å². The highest BCUT2D eigenvalue weighted by Gasteiger charge is 2.50. The molecular formula is C33H34ClN2O4S+. The first-order chi connectivity index (χ1) is 19.8. The molecule has 6 nitrogen and oxygen atoms in total. The molecule has 41 heavy (non-hydrogen) atoms. The highest BCUT2D eigenvalue weighted by Crippen LogP contribution is 2.38. The summed E-state index contributed by atoms with van der Waals surface area (Å²) in [7, 11) is 0. The van der Waals surface area contributed by atoms with E-state index < -0.39 is 11.6 Å². The van der Waals surface area contributed by atoms with Crippen LogP contribution >= 0.6 is 22.9 Å². The fourth-order valence-electron chi connectivity index (χ4n) is 6.55. The molecular weight excluding hydrogens is 556 g/mol. The highest BCUT2D eigenvalue weighted by atomic mass is 35.5. The van der Waals surface area contributed by atoms with Crippen LogP contribution in [-0.2, 0) is 15.1 Å². The molecule has 4 aromatic rings. The number of carbonyl (C=O) groups is 2. The summed E-state index contributed by atoms with van der Waals surface area (Å²) in [5.41, 5.74) is 0.0394. The van der Waals surface area contributed by atoms with Crippen molar-refractivity contribution in [3.63, 3.8) is 0 Å². The molecule has 0 radical (unpaired) electrons. The maximum atomic E-state index is 13.8. The van der Waals surface area contributed by atoms with Gasteiger partial charge in [0.2, 0.25) is 5.60 Å². The van der Waals surface area contributed by atoms with E-state index in [1.807, 2.05) is 61.5 Å². The lowest BCUT2D eigenvalue weighted by Gasteiger charge is -2.52. The predicted octanol–water partition coefficient (Wildman–Crippen LogP) is 5.68. The summed E-state index contributed by atoms with van der Waals surface area (Å²) in [6.45, 7) is 5.95. The van der Waals surface area contributed by atoms with Gasteiger partial charge < -0.3 is 19.6 Å². The Morgan fingerprint density at radius 3 is 2.29 bits per heavy atom. The topological polar surface area (TPSA) is 75.6 Å². The minimum Gasteiger partial charge on any atom is -0.453 e. The molecule has 1 aromatic heterocycles. The van der Waals surface area contributed by atoms with Crippen LogP contribution in [0.5, 0.6) is 0 Å². The number of aryl methyl sites for hydroxylation is 1. The number of hydrogen-bond acceptors (Lipinski definition) is 5. The van der Waals surface area contributed by atoms with Crippen molar-refractivity contribution in [1.29, 1.82) is 0 Å². The van der Waals surface area contributed by atoms with Gasteiger partial charge in [0.05, 0.1) is 31.1 Å². The Bertz CT molecular complexity index is 1520. The van der Waals surface area contributed by atoms with Crippen molar-refractivity contribution in [3.05, 3.63) is 105 Å². The molecule has 3 aliphatic rings. The number of esters is 1. The lowest BCUT2D eigenvalue weighted by molar-refractivity contribution is -0.945. The molecule has 1 atom stereocenters. The van der Waals surface area contributed by atoms with Gasteiger partial charge in [0.15, 0.2) is 6.10 Å². The average molecular weight is 590 g/mol. The molecule has 2 bridgehead atoms. The number of benzene rings is 3. The first kappa shape index (κ1) is 27.9. The van der Waals surface area contributed by atoms with Crippen LogP contribution in [0.1, 0.15) is 39.2 Å². The number of halogens is 1. The van der Waals surface area contributed by atoms with Crippen LogP contribution in [0.2, 0.25) is 5.02 Å². The number of hydrogen-bond donors (Lipinski definition) is 2. The largest absolute Gasteiger partial charge is 0.453 e. The van der Waals surface area contributed by atoms with E-state index in [0.29, 0.717) is 34.1 Å². The van der Waals surface area contributed by atoms with Gasteiger partial charge in [0.1, 0.15) is 6.54 Å². The fourth-order valence-corrected chi connectivity index (χ4v) is 7.83. The number of quaternary nitrogens is 1. The number of rotatable bonds is 8. The lowest BCUT2D eigenvalue weighted by atomic mass is 9.82. The Labute approximate surface area is 249 Å². The zero-order valence-electron chi connectivity index (χ0n) is 23.0. The Morgan fingerprint density at radius 2 is 1.66 bits per heavy atom. The summed E-state index contributed by atoms with van der Waals surface area (Å²) in [6.07, 6.45) is 1.63. The minimum absolute atomic E-state index is 0.0660. The van der Waals surface area contributed by atoms with E-state index >= 15 is 0 Å². The molecule has 3 aliphatic heterocycles. The fraction of sp³-hybridized carbons (Fsp3) is 0.333. The zero-order valence-corrected chi connectivity index (χ0v) is 24.6. The first-order valence-corrected chi connectivity index (χ1v) is 15.3. The summed E-state index contributed by atoms with van der Waals surface area (Å²) < 4.78 is 8.02. The third-order valence-corrected chi connectivity index (χ3v) is 10.5. The lowest BCUT2D eigenvalue weighted by Crippen LogP contribution is -2.66. The molecule has 7 rings (SSSR count). The second-order valence-corrected chi connectivity index (χ2v) is 12.9. The van der Waals surface area contributed by atoms with Crippen molar-refractivity contribution < 1.29 is 23.9 Å². The van der Waals surface area contributed by atoms with E-state index in [9.17, 15) is 14.7 Å². The molecule has 8 heteroatoms. The third kappa shape index (κ3) is 5.28. The van der Waals surface area contributed by atoms with Crippen LogP contribution < -0.4 is 5.32 Å². The summed E-state index contributed by atoms with van der Waals surface area (Å²) in [6, 6.07) is 23.7. The van der Waals surface area contributed by atoms with Crippen molar-refractivity contribution in [2.24, 2.45) is 5.92 Å². The monoisotopic (exact) mass is 589 g/mol. The van der Waals surface area contributed by atoms with E-state index in [1.54, 1.807) is 24.3 Å². The Balaban J connectivity index is 1.14. The Hall–Kier alpha value is -3.23. The van der Waals surface area contributed by atoms with Gasteiger partial charge in [-0.1, -0.05) is 72.3 Å². The van der Waals surface area contributed by atoms with Gasteiger partial charge >= 0.3 is 5.97 Å². The predicted molar refractivity (Wildman–Crippen MR) is 162 cm³/mol. The molecule has 2 N–H and O–H groups in total. The molecule has 0 spiro atoms. The third-order valence-electron chi connectivity index (χ3n) is 8.95. The molecule has 1 amide bonds. The van der Waals surface area contributed by atoms with Crippen molar-refractivity contribution in [1.82, 2.24) is 5.32 Å². The number of amides is 1. The van der Waals surface area contributed by atoms with Crippen molar-refractivity contribution >= 4 is 44.9 Å². The van der Waals surface area contributed by atoms with E-state index in [1.165, 1.54) is 11.3 Å². The maximum absolute atomic E-state index is 13.8. The second-order valence-electron chi connectivity index (χ2n) is 11.4. The average Bonchev–Trinajstić information content (AvgIpc) is 3.33. The summed E-state index contributed by atoms with van der Waals surface area (Å²) in [4.78, 5) is 27.6. The van der Waals surface area contributed by atoms with Gasteiger partial charge in [0, 0.05) is 28.5 Å². The van der Waals surface area contributed by atoms with Gasteiger partial charge in [-0.05, 0) is 47.2 Å². The number of carbonyl (C=O) groups excluding carboxylic acids is 2. The zero-order chi connectivity index (χ0) is 28.6. The van der Waals surface area contributed by atoms with E-state index in [0.717, 1.165) is 52.6 Å². The van der Waals surface area contributed by atoms with Crippen molar-refractivity contribution in [2.75, 3.05) is 32.7 Å². The van der Waals surface area contributed by atoms with Crippen molar-refractivity contribution in [3.8, 4) is 0 Å². The smallest absolute Gasteiger partial charge is 0.348 e. The van der Waals surface area contributed by atoms with Gasteiger partial charge in [-0.2, -0.15) is 0 Å².